The average Bonchev–Trinajstić information content (AvgIpc) is 2.79. The molecule has 0 amide bonds. The summed E-state index contributed by atoms with van der Waals surface area (Å²) in [6, 6.07) is 6.41. The van der Waals surface area contributed by atoms with E-state index in [1.54, 1.807) is 0 Å². The van der Waals surface area contributed by atoms with Crippen molar-refractivity contribution in [2.75, 3.05) is 6.54 Å². The minimum absolute atomic E-state index is 0.172. The summed E-state index contributed by atoms with van der Waals surface area (Å²) in [7, 11) is 0. The molecule has 0 bridgehead atoms. The summed E-state index contributed by atoms with van der Waals surface area (Å²) in [5.74, 6) is 0.496. The fourth-order valence-electron chi connectivity index (χ4n) is 2.68. The van der Waals surface area contributed by atoms with Crippen molar-refractivity contribution in [3.05, 3.63) is 29.6 Å². The second kappa shape index (κ2) is 4.54. The minimum Gasteiger partial charge on any atom is -0.330 e. The Labute approximate surface area is 98.3 Å². The van der Waals surface area contributed by atoms with Crippen LogP contribution >= 0.6 is 0 Å². The quantitative estimate of drug-likeness (QED) is 0.847. The van der Waals surface area contributed by atoms with Gasteiger partial charge in [0.25, 0.3) is 0 Å². The van der Waals surface area contributed by atoms with Crippen LogP contribution in [0.25, 0.3) is 0 Å². The Kier molecular flexibility index (Phi) is 3.29. The van der Waals surface area contributed by atoms with Crippen LogP contribution in [0.1, 0.15) is 56.8 Å². The van der Waals surface area contributed by atoms with Crippen molar-refractivity contribution in [2.45, 2.75) is 50.9 Å². The fraction of sp³-hybridized carbons (Fsp3) is 0.643. The molecule has 0 aliphatic heterocycles. The molecule has 1 aromatic rings. The molecule has 0 saturated heterocycles. The molecule has 1 saturated carbocycles. The van der Waals surface area contributed by atoms with Crippen LogP contribution in [0.15, 0.2) is 18.2 Å². The maximum absolute atomic E-state index is 5.99. The molecule has 16 heavy (non-hydrogen) atoms. The van der Waals surface area contributed by atoms with Gasteiger partial charge in [-0.05, 0) is 30.9 Å². The molecule has 1 aliphatic carbocycles. The van der Waals surface area contributed by atoms with Crippen molar-refractivity contribution in [3.8, 4) is 0 Å². The molecule has 0 radical (unpaired) electrons. The molecule has 1 aliphatic rings. The van der Waals surface area contributed by atoms with Crippen molar-refractivity contribution in [1.29, 1.82) is 0 Å². The van der Waals surface area contributed by atoms with Crippen molar-refractivity contribution in [2.24, 2.45) is 5.73 Å². The molecule has 0 aromatic carbocycles. The third-order valence-corrected chi connectivity index (χ3v) is 3.86. The Morgan fingerprint density at radius 1 is 1.31 bits per heavy atom. The van der Waals surface area contributed by atoms with Crippen LogP contribution in [-0.4, -0.2) is 11.5 Å². The predicted octanol–water partition coefficient (Wildman–Crippen LogP) is 2.98. The van der Waals surface area contributed by atoms with Gasteiger partial charge < -0.3 is 5.73 Å². The zero-order valence-electron chi connectivity index (χ0n) is 10.4. The summed E-state index contributed by atoms with van der Waals surface area (Å²) < 4.78 is 0. The van der Waals surface area contributed by atoms with Gasteiger partial charge in [0.05, 0.1) is 0 Å². The van der Waals surface area contributed by atoms with E-state index in [2.05, 4.69) is 32.0 Å². The highest BCUT2D eigenvalue weighted by atomic mass is 14.8. The van der Waals surface area contributed by atoms with Gasteiger partial charge in [-0.2, -0.15) is 0 Å². The van der Waals surface area contributed by atoms with Crippen LogP contribution in [0.5, 0.6) is 0 Å². The van der Waals surface area contributed by atoms with Gasteiger partial charge in [-0.25, -0.2) is 0 Å². The van der Waals surface area contributed by atoms with Gasteiger partial charge in [-0.1, -0.05) is 32.8 Å². The lowest BCUT2D eigenvalue weighted by molar-refractivity contribution is 0.437. The van der Waals surface area contributed by atoms with E-state index in [0.717, 1.165) is 6.54 Å². The molecule has 2 rings (SSSR count). The van der Waals surface area contributed by atoms with Crippen LogP contribution in [0.4, 0.5) is 0 Å². The third kappa shape index (κ3) is 1.99. The average molecular weight is 218 g/mol. The molecule has 0 spiro atoms. The van der Waals surface area contributed by atoms with Gasteiger partial charge in [0, 0.05) is 23.3 Å². The standard InChI is InChI=1S/C14H22N2/c1-11(2)12-6-5-7-13(16-12)14(10-15)8-3-4-9-14/h5-7,11H,3-4,8-10,15H2,1-2H3. The van der Waals surface area contributed by atoms with Crippen molar-refractivity contribution in [1.82, 2.24) is 4.98 Å². The number of nitrogens with two attached hydrogens (primary N) is 1. The zero-order valence-corrected chi connectivity index (χ0v) is 10.4. The lowest BCUT2D eigenvalue weighted by atomic mass is 9.82. The molecule has 1 fully saturated rings. The Hall–Kier alpha value is -0.890. The van der Waals surface area contributed by atoms with Crippen LogP contribution in [0.2, 0.25) is 0 Å². The molecule has 1 aromatic heterocycles. The zero-order chi connectivity index (χ0) is 11.6. The SMILES string of the molecule is CC(C)c1cccc(C2(CN)CCCC2)n1. The summed E-state index contributed by atoms with van der Waals surface area (Å²) in [5, 5.41) is 0. The summed E-state index contributed by atoms with van der Waals surface area (Å²) in [6.45, 7) is 5.12. The van der Waals surface area contributed by atoms with E-state index in [-0.39, 0.29) is 5.41 Å². The highest BCUT2D eigenvalue weighted by Gasteiger charge is 2.35. The van der Waals surface area contributed by atoms with Crippen molar-refractivity contribution in [3.63, 3.8) is 0 Å². The summed E-state index contributed by atoms with van der Waals surface area (Å²) in [5.41, 5.74) is 8.57. The predicted molar refractivity (Wildman–Crippen MR) is 67.5 cm³/mol. The van der Waals surface area contributed by atoms with Crippen molar-refractivity contribution < 1.29 is 0 Å². The Bertz CT molecular complexity index is 352. The number of nitrogens with zero attached hydrogens (tertiary/aromatic N) is 1. The smallest absolute Gasteiger partial charge is 0.0481 e. The molecule has 0 unspecified atom stereocenters. The first-order valence-electron chi connectivity index (χ1n) is 6.35. The maximum atomic E-state index is 5.99. The number of aromatic nitrogens is 1. The first-order valence-corrected chi connectivity index (χ1v) is 6.35. The summed E-state index contributed by atoms with van der Waals surface area (Å²) in [6.07, 6.45) is 5.01. The molecule has 88 valence electrons. The molecule has 1 heterocycles. The van der Waals surface area contributed by atoms with E-state index in [4.69, 9.17) is 10.7 Å². The van der Waals surface area contributed by atoms with E-state index in [0.29, 0.717) is 5.92 Å². The van der Waals surface area contributed by atoms with Gasteiger partial charge in [-0.3, -0.25) is 4.98 Å². The van der Waals surface area contributed by atoms with Gasteiger partial charge in [0.2, 0.25) is 0 Å². The molecular formula is C14H22N2. The normalized spacial score (nSPS) is 19.2. The summed E-state index contributed by atoms with van der Waals surface area (Å²) >= 11 is 0. The first-order chi connectivity index (χ1) is 7.68. The maximum Gasteiger partial charge on any atom is 0.0481 e. The molecule has 0 atom stereocenters. The Balaban J connectivity index is 2.35. The number of pyridine rings is 1. The topological polar surface area (TPSA) is 38.9 Å². The largest absolute Gasteiger partial charge is 0.330 e. The van der Waals surface area contributed by atoms with E-state index in [1.807, 2.05) is 0 Å². The van der Waals surface area contributed by atoms with Crippen LogP contribution in [-0.2, 0) is 5.41 Å². The first kappa shape index (κ1) is 11.6. The van der Waals surface area contributed by atoms with Gasteiger partial charge >= 0.3 is 0 Å². The van der Waals surface area contributed by atoms with Crippen LogP contribution < -0.4 is 5.73 Å². The van der Waals surface area contributed by atoms with Crippen LogP contribution in [0, 0.1) is 0 Å². The second-order valence-corrected chi connectivity index (χ2v) is 5.29. The Morgan fingerprint density at radius 3 is 2.56 bits per heavy atom. The number of hydrogen-bond acceptors (Lipinski definition) is 2. The minimum atomic E-state index is 0.172. The lowest BCUT2D eigenvalue weighted by Gasteiger charge is -2.27. The van der Waals surface area contributed by atoms with E-state index >= 15 is 0 Å². The molecule has 2 nitrogen and oxygen atoms in total. The molecule has 2 N–H and O–H groups in total. The van der Waals surface area contributed by atoms with Crippen LogP contribution in [0.3, 0.4) is 0 Å². The second-order valence-electron chi connectivity index (χ2n) is 5.29. The Morgan fingerprint density at radius 2 is 2.00 bits per heavy atom. The number of rotatable bonds is 3. The van der Waals surface area contributed by atoms with E-state index < -0.39 is 0 Å². The molecular weight excluding hydrogens is 196 g/mol. The number of hydrogen-bond donors (Lipinski definition) is 1. The summed E-state index contributed by atoms with van der Waals surface area (Å²) in [4.78, 5) is 4.82. The highest BCUT2D eigenvalue weighted by molar-refractivity contribution is 5.23. The third-order valence-electron chi connectivity index (χ3n) is 3.86. The van der Waals surface area contributed by atoms with E-state index in [9.17, 15) is 0 Å². The van der Waals surface area contributed by atoms with Crippen molar-refractivity contribution >= 4 is 0 Å². The fourth-order valence-corrected chi connectivity index (χ4v) is 2.68. The van der Waals surface area contributed by atoms with Gasteiger partial charge in [0.1, 0.15) is 0 Å². The van der Waals surface area contributed by atoms with E-state index in [1.165, 1.54) is 37.1 Å². The monoisotopic (exact) mass is 218 g/mol. The highest BCUT2D eigenvalue weighted by Crippen LogP contribution is 2.39. The lowest BCUT2D eigenvalue weighted by Crippen LogP contribution is -2.33. The van der Waals surface area contributed by atoms with Gasteiger partial charge in [-0.15, -0.1) is 0 Å². The van der Waals surface area contributed by atoms with Gasteiger partial charge in [0.15, 0.2) is 0 Å². The molecule has 2 heteroatoms.